The Morgan fingerprint density at radius 2 is 1.75 bits per heavy atom. The van der Waals surface area contributed by atoms with Gasteiger partial charge in [0.1, 0.15) is 5.75 Å². The van der Waals surface area contributed by atoms with Gasteiger partial charge in [-0.1, -0.05) is 6.07 Å². The van der Waals surface area contributed by atoms with Gasteiger partial charge < -0.3 is 14.0 Å². The van der Waals surface area contributed by atoms with E-state index in [-0.39, 0.29) is 17.0 Å². The van der Waals surface area contributed by atoms with Crippen molar-refractivity contribution in [1.82, 2.24) is 0 Å². The van der Waals surface area contributed by atoms with E-state index in [9.17, 15) is 4.79 Å². The lowest BCUT2D eigenvalue weighted by molar-refractivity contribution is 0.00578. The predicted molar refractivity (Wildman–Crippen MR) is 76.6 cm³/mol. The minimum absolute atomic E-state index is 0.115. The maximum atomic E-state index is 11.9. The van der Waals surface area contributed by atoms with Crippen molar-refractivity contribution in [2.45, 2.75) is 45.3 Å². The summed E-state index contributed by atoms with van der Waals surface area (Å²) in [5.41, 5.74) is 0.729. The third-order valence-corrected chi connectivity index (χ3v) is 4.42. The molecule has 4 nitrogen and oxygen atoms in total. The first kappa shape index (κ1) is 13.6. The van der Waals surface area contributed by atoms with Crippen molar-refractivity contribution < 1.29 is 18.8 Å². The molecule has 0 bridgehead atoms. The fourth-order valence-corrected chi connectivity index (χ4v) is 2.41. The lowest BCUT2D eigenvalue weighted by Gasteiger charge is -2.32. The molecular weight excluding hydrogens is 255 g/mol. The lowest BCUT2D eigenvalue weighted by atomic mass is 9.77. The number of ether oxygens (including phenoxy) is 1. The summed E-state index contributed by atoms with van der Waals surface area (Å²) in [6, 6.07) is 5.56. The van der Waals surface area contributed by atoms with Crippen LogP contribution < -0.4 is 10.2 Å². The van der Waals surface area contributed by atoms with Crippen molar-refractivity contribution in [3.63, 3.8) is 0 Å². The van der Waals surface area contributed by atoms with Crippen LogP contribution in [-0.2, 0) is 9.31 Å². The van der Waals surface area contributed by atoms with Crippen LogP contribution in [0.4, 0.5) is 0 Å². The van der Waals surface area contributed by atoms with Crippen LogP contribution in [0.1, 0.15) is 44.5 Å². The van der Waals surface area contributed by atoms with Crippen LogP contribution in [0.15, 0.2) is 18.2 Å². The lowest BCUT2D eigenvalue weighted by Crippen LogP contribution is -2.41. The van der Waals surface area contributed by atoms with E-state index >= 15 is 0 Å². The summed E-state index contributed by atoms with van der Waals surface area (Å²) < 4.78 is 17.5. The van der Waals surface area contributed by atoms with E-state index in [4.69, 9.17) is 14.0 Å². The second-order valence-electron chi connectivity index (χ2n) is 6.37. The molecule has 0 aromatic heterocycles. The fraction of sp³-hybridized carbons (Fsp3) is 0.533. The zero-order valence-electron chi connectivity index (χ0n) is 12.4. The standard InChI is InChI=1S/C15H19BO4/c1-14(2)15(3,4)20-16(19-14)10-5-6-13-11(9-10)12(17)7-8-18-13/h5-6,9H,7-8H2,1-4H3. The van der Waals surface area contributed by atoms with Gasteiger partial charge in [0.15, 0.2) is 5.78 Å². The molecule has 2 aliphatic heterocycles. The Morgan fingerprint density at radius 3 is 2.40 bits per heavy atom. The average Bonchev–Trinajstić information content (AvgIpc) is 2.59. The van der Waals surface area contributed by atoms with E-state index in [1.165, 1.54) is 0 Å². The van der Waals surface area contributed by atoms with Gasteiger partial charge in [0.2, 0.25) is 0 Å². The zero-order chi connectivity index (χ0) is 14.5. The Kier molecular flexibility index (Phi) is 2.96. The molecule has 2 aliphatic rings. The smallest absolute Gasteiger partial charge is 0.492 e. The van der Waals surface area contributed by atoms with Gasteiger partial charge in [-0.15, -0.1) is 0 Å². The average molecular weight is 274 g/mol. The summed E-state index contributed by atoms with van der Waals surface area (Å²) in [7, 11) is -0.444. The molecule has 0 saturated carbocycles. The number of benzene rings is 1. The van der Waals surface area contributed by atoms with Gasteiger partial charge in [-0.05, 0) is 45.3 Å². The quantitative estimate of drug-likeness (QED) is 0.734. The molecule has 1 fully saturated rings. The van der Waals surface area contributed by atoms with E-state index in [0.29, 0.717) is 24.3 Å². The third kappa shape index (κ3) is 2.05. The molecule has 0 radical (unpaired) electrons. The number of hydrogen-bond acceptors (Lipinski definition) is 4. The molecule has 0 spiro atoms. The van der Waals surface area contributed by atoms with Crippen LogP contribution in [0.5, 0.6) is 5.75 Å². The van der Waals surface area contributed by atoms with E-state index in [1.54, 1.807) is 0 Å². The predicted octanol–water partition coefficient (Wildman–Crippen LogP) is 1.95. The number of rotatable bonds is 1. The number of Topliss-reactive ketones (excluding diaryl/α,β-unsaturated/α-hetero) is 1. The van der Waals surface area contributed by atoms with Crippen LogP contribution in [0, 0.1) is 0 Å². The summed E-state index contributed by atoms with van der Waals surface area (Å²) in [6.07, 6.45) is 0.430. The van der Waals surface area contributed by atoms with Crippen molar-refractivity contribution in [2.75, 3.05) is 6.61 Å². The Labute approximate surface area is 119 Å². The molecule has 0 unspecified atom stereocenters. The Hall–Kier alpha value is -1.33. The highest BCUT2D eigenvalue weighted by Gasteiger charge is 2.51. The Morgan fingerprint density at radius 1 is 1.10 bits per heavy atom. The number of ketones is 1. The molecule has 3 rings (SSSR count). The summed E-state index contributed by atoms with van der Waals surface area (Å²) in [5.74, 6) is 0.770. The number of fused-ring (bicyclic) bond motifs is 1. The van der Waals surface area contributed by atoms with Crippen molar-refractivity contribution in [3.05, 3.63) is 23.8 Å². The van der Waals surface area contributed by atoms with Gasteiger partial charge >= 0.3 is 7.12 Å². The SMILES string of the molecule is CC1(C)OB(c2ccc3c(c2)C(=O)CCO3)OC1(C)C. The second kappa shape index (κ2) is 4.33. The minimum atomic E-state index is -0.444. The van der Waals surface area contributed by atoms with Crippen molar-refractivity contribution in [3.8, 4) is 5.75 Å². The van der Waals surface area contributed by atoms with E-state index in [0.717, 1.165) is 5.46 Å². The maximum Gasteiger partial charge on any atom is 0.494 e. The van der Waals surface area contributed by atoms with E-state index in [1.807, 2.05) is 45.9 Å². The zero-order valence-corrected chi connectivity index (χ0v) is 12.4. The molecular formula is C15H19BO4. The number of carbonyl (C=O) groups is 1. The molecule has 20 heavy (non-hydrogen) atoms. The molecule has 0 aliphatic carbocycles. The minimum Gasteiger partial charge on any atom is -0.492 e. The van der Waals surface area contributed by atoms with Crippen LogP contribution in [0.25, 0.3) is 0 Å². The molecule has 1 aromatic carbocycles. The largest absolute Gasteiger partial charge is 0.494 e. The van der Waals surface area contributed by atoms with Gasteiger partial charge in [-0.2, -0.15) is 0 Å². The molecule has 0 N–H and O–H groups in total. The normalized spacial score (nSPS) is 23.4. The molecule has 1 saturated heterocycles. The van der Waals surface area contributed by atoms with E-state index < -0.39 is 7.12 Å². The van der Waals surface area contributed by atoms with E-state index in [2.05, 4.69) is 0 Å². The van der Waals surface area contributed by atoms with Gasteiger partial charge in [0.25, 0.3) is 0 Å². The first-order valence-electron chi connectivity index (χ1n) is 6.96. The van der Waals surface area contributed by atoms with Gasteiger partial charge in [0, 0.05) is 6.42 Å². The molecule has 0 amide bonds. The maximum absolute atomic E-state index is 11.9. The first-order valence-corrected chi connectivity index (χ1v) is 6.96. The fourth-order valence-electron chi connectivity index (χ4n) is 2.41. The highest BCUT2D eigenvalue weighted by Crippen LogP contribution is 2.36. The number of carbonyl (C=O) groups excluding carboxylic acids is 1. The number of hydrogen-bond donors (Lipinski definition) is 0. The van der Waals surface area contributed by atoms with Gasteiger partial charge in [0.05, 0.1) is 23.4 Å². The second-order valence-corrected chi connectivity index (χ2v) is 6.37. The van der Waals surface area contributed by atoms with Crippen molar-refractivity contribution >= 4 is 18.4 Å². The summed E-state index contributed by atoms with van der Waals surface area (Å²) in [4.78, 5) is 11.9. The molecule has 1 aromatic rings. The monoisotopic (exact) mass is 274 g/mol. The Bertz CT molecular complexity index is 549. The van der Waals surface area contributed by atoms with Gasteiger partial charge in [-0.3, -0.25) is 4.79 Å². The van der Waals surface area contributed by atoms with Crippen molar-refractivity contribution in [1.29, 1.82) is 0 Å². The summed E-state index contributed by atoms with van der Waals surface area (Å²) in [6.45, 7) is 8.51. The van der Waals surface area contributed by atoms with Crippen LogP contribution >= 0.6 is 0 Å². The summed E-state index contributed by atoms with van der Waals surface area (Å²) >= 11 is 0. The van der Waals surface area contributed by atoms with Crippen LogP contribution in [0.3, 0.4) is 0 Å². The molecule has 5 heteroatoms. The topological polar surface area (TPSA) is 44.8 Å². The van der Waals surface area contributed by atoms with Gasteiger partial charge in [-0.25, -0.2) is 0 Å². The van der Waals surface area contributed by atoms with Crippen molar-refractivity contribution in [2.24, 2.45) is 0 Å². The molecule has 2 heterocycles. The summed E-state index contributed by atoms with van der Waals surface area (Å²) in [5, 5.41) is 0. The highest BCUT2D eigenvalue weighted by molar-refractivity contribution is 6.62. The third-order valence-electron chi connectivity index (χ3n) is 4.42. The molecule has 106 valence electrons. The Balaban J connectivity index is 1.93. The highest BCUT2D eigenvalue weighted by atomic mass is 16.7. The first-order chi connectivity index (χ1) is 9.30. The van der Waals surface area contributed by atoms with Crippen LogP contribution in [0.2, 0.25) is 0 Å². The molecule has 0 atom stereocenters. The van der Waals surface area contributed by atoms with Crippen LogP contribution in [-0.4, -0.2) is 30.7 Å².